The number of aromatic nitrogens is 1. The number of amides is 1. The number of ether oxygens (including phenoxy) is 2. The maximum atomic E-state index is 13.8. The zero-order chi connectivity index (χ0) is 23.7. The predicted octanol–water partition coefficient (Wildman–Crippen LogP) is 5.00. The molecule has 1 amide bonds. The topological polar surface area (TPSA) is 68.7 Å². The highest BCUT2D eigenvalue weighted by molar-refractivity contribution is 6.11. The second-order valence-corrected chi connectivity index (χ2v) is 9.76. The Hall–Kier alpha value is -3.15. The van der Waals surface area contributed by atoms with Gasteiger partial charge in [0.05, 0.1) is 24.1 Å². The largest absolute Gasteiger partial charge is 0.494 e. The summed E-state index contributed by atoms with van der Waals surface area (Å²) in [5.41, 5.74) is 2.29. The lowest BCUT2D eigenvalue weighted by Gasteiger charge is -2.37. The minimum atomic E-state index is -0.497. The summed E-state index contributed by atoms with van der Waals surface area (Å²) >= 11 is 0. The van der Waals surface area contributed by atoms with Crippen molar-refractivity contribution in [3.05, 3.63) is 71.3 Å². The molecule has 3 heterocycles. The normalized spacial score (nSPS) is 26.2. The van der Waals surface area contributed by atoms with Crippen LogP contribution in [0, 0.1) is 11.8 Å². The highest BCUT2D eigenvalue weighted by atomic mass is 16.5. The van der Waals surface area contributed by atoms with Gasteiger partial charge in [-0.25, -0.2) is 0 Å². The van der Waals surface area contributed by atoms with E-state index in [4.69, 9.17) is 9.47 Å². The number of nitrogens with zero attached hydrogens (tertiary/aromatic N) is 2. The molecule has 0 saturated heterocycles. The molecular weight excluding hydrogens is 428 g/mol. The summed E-state index contributed by atoms with van der Waals surface area (Å²) in [6, 6.07) is 11.1. The molecule has 0 spiro atoms. The van der Waals surface area contributed by atoms with E-state index < -0.39 is 6.04 Å². The molecule has 4 unspecified atom stereocenters. The zero-order valence-electron chi connectivity index (χ0n) is 19.9. The van der Waals surface area contributed by atoms with E-state index in [-0.39, 0.29) is 29.5 Å². The molecule has 0 radical (unpaired) electrons. The highest BCUT2D eigenvalue weighted by Gasteiger charge is 2.52. The number of unbranched alkanes of at least 4 members (excludes halogenated alkanes) is 1. The van der Waals surface area contributed by atoms with Crippen LogP contribution < -0.4 is 4.74 Å². The average Bonchev–Trinajstić information content (AvgIpc) is 3.12. The van der Waals surface area contributed by atoms with Crippen LogP contribution in [-0.2, 0) is 20.9 Å². The molecule has 1 aromatic heterocycles. The number of ketones is 1. The Morgan fingerprint density at radius 2 is 2.06 bits per heavy atom. The summed E-state index contributed by atoms with van der Waals surface area (Å²) in [5.74, 6) is 1.15. The Morgan fingerprint density at radius 1 is 1.18 bits per heavy atom. The van der Waals surface area contributed by atoms with Gasteiger partial charge in [-0.3, -0.25) is 14.6 Å². The van der Waals surface area contributed by atoms with Crippen molar-refractivity contribution >= 4 is 11.7 Å². The van der Waals surface area contributed by atoms with E-state index in [9.17, 15) is 9.59 Å². The molecule has 4 atom stereocenters. The van der Waals surface area contributed by atoms with Gasteiger partial charge >= 0.3 is 0 Å². The SMILES string of the molecule is CCCCOc1cccc(C2C3=C(OC4CCC(C)CC4C3=O)C(=O)N2Cc2cccnc2)c1. The minimum Gasteiger partial charge on any atom is -0.494 e. The van der Waals surface area contributed by atoms with Crippen LogP contribution in [-0.4, -0.2) is 34.3 Å². The van der Waals surface area contributed by atoms with Crippen LogP contribution in [0.4, 0.5) is 0 Å². The maximum Gasteiger partial charge on any atom is 0.290 e. The van der Waals surface area contributed by atoms with Crippen molar-refractivity contribution in [3.8, 4) is 5.75 Å². The van der Waals surface area contributed by atoms with Crippen molar-refractivity contribution in [2.45, 2.75) is 64.6 Å². The van der Waals surface area contributed by atoms with Crippen molar-refractivity contribution in [3.63, 3.8) is 0 Å². The number of Topliss-reactive ketones (excluding diaryl/α,β-unsaturated/α-hetero) is 1. The number of rotatable bonds is 7. The van der Waals surface area contributed by atoms with Crippen LogP contribution in [0.1, 0.15) is 63.1 Å². The number of hydrogen-bond acceptors (Lipinski definition) is 5. The van der Waals surface area contributed by atoms with Crippen LogP contribution in [0.2, 0.25) is 0 Å². The second-order valence-electron chi connectivity index (χ2n) is 9.76. The number of benzene rings is 1. The van der Waals surface area contributed by atoms with E-state index in [0.29, 0.717) is 24.6 Å². The van der Waals surface area contributed by atoms with Gasteiger partial charge in [-0.05, 0) is 60.9 Å². The van der Waals surface area contributed by atoms with Crippen LogP contribution in [0.25, 0.3) is 0 Å². The van der Waals surface area contributed by atoms with Gasteiger partial charge in [0.25, 0.3) is 5.91 Å². The molecule has 5 rings (SSSR count). The van der Waals surface area contributed by atoms with Crippen LogP contribution in [0.15, 0.2) is 60.1 Å². The van der Waals surface area contributed by atoms with Crippen LogP contribution >= 0.6 is 0 Å². The summed E-state index contributed by atoms with van der Waals surface area (Å²) in [6.45, 7) is 5.31. The van der Waals surface area contributed by atoms with E-state index >= 15 is 0 Å². The van der Waals surface area contributed by atoms with Gasteiger partial charge in [0, 0.05) is 18.9 Å². The molecule has 2 aromatic rings. The van der Waals surface area contributed by atoms with Gasteiger partial charge in [0.15, 0.2) is 11.5 Å². The minimum absolute atomic E-state index is 0.0714. The van der Waals surface area contributed by atoms with Crippen LogP contribution in [0.3, 0.4) is 0 Å². The lowest BCUT2D eigenvalue weighted by molar-refractivity contribution is -0.136. The number of carbonyl (C=O) groups excluding carboxylic acids is 2. The smallest absolute Gasteiger partial charge is 0.290 e. The summed E-state index contributed by atoms with van der Waals surface area (Å²) in [7, 11) is 0. The molecule has 1 fully saturated rings. The molecule has 2 aliphatic heterocycles. The first-order valence-electron chi connectivity index (χ1n) is 12.4. The molecule has 0 N–H and O–H groups in total. The Labute approximate surface area is 201 Å². The molecule has 1 aromatic carbocycles. The zero-order valence-corrected chi connectivity index (χ0v) is 19.9. The molecule has 34 heavy (non-hydrogen) atoms. The fourth-order valence-electron chi connectivity index (χ4n) is 5.43. The molecule has 6 heteroatoms. The summed E-state index contributed by atoms with van der Waals surface area (Å²) < 4.78 is 12.2. The molecule has 3 aliphatic rings. The van der Waals surface area contributed by atoms with E-state index in [1.807, 2.05) is 36.4 Å². The summed E-state index contributed by atoms with van der Waals surface area (Å²) in [5, 5.41) is 0. The monoisotopic (exact) mass is 460 g/mol. The molecule has 1 aliphatic carbocycles. The number of carbonyl (C=O) groups is 2. The number of fused-ring (bicyclic) bond motifs is 1. The fraction of sp³-hybridized carbons (Fsp3) is 0.464. The van der Waals surface area contributed by atoms with Gasteiger partial charge in [0.1, 0.15) is 11.9 Å². The quantitative estimate of drug-likeness (QED) is 0.544. The van der Waals surface area contributed by atoms with E-state index in [2.05, 4.69) is 18.8 Å². The van der Waals surface area contributed by atoms with Crippen molar-refractivity contribution in [2.75, 3.05) is 6.61 Å². The summed E-state index contributed by atoms with van der Waals surface area (Å²) in [6.07, 6.45) is 7.95. The Balaban J connectivity index is 1.53. The maximum absolute atomic E-state index is 13.8. The molecule has 178 valence electrons. The first kappa shape index (κ1) is 22.6. The first-order valence-corrected chi connectivity index (χ1v) is 12.4. The number of pyridine rings is 1. The first-order chi connectivity index (χ1) is 16.6. The van der Waals surface area contributed by atoms with Gasteiger partial charge in [-0.2, -0.15) is 0 Å². The van der Waals surface area contributed by atoms with E-state index in [1.165, 1.54) is 0 Å². The van der Waals surface area contributed by atoms with Crippen molar-refractivity contribution < 1.29 is 19.1 Å². The van der Waals surface area contributed by atoms with Crippen molar-refractivity contribution in [1.29, 1.82) is 0 Å². The van der Waals surface area contributed by atoms with Crippen LogP contribution in [0.5, 0.6) is 5.75 Å². The number of hydrogen-bond donors (Lipinski definition) is 0. The standard InChI is InChI=1S/C28H32N2O4/c1-3-4-13-33-21-9-5-8-20(15-21)25-24-26(31)22-14-18(2)10-11-23(22)34-27(24)28(32)30(25)17-19-7-6-12-29-16-19/h5-9,12,15-16,18,22-23,25H,3-4,10-11,13-14,17H2,1-2H3. The fourth-order valence-corrected chi connectivity index (χ4v) is 5.43. The predicted molar refractivity (Wildman–Crippen MR) is 128 cm³/mol. The Kier molecular flexibility index (Phi) is 6.40. The second kappa shape index (κ2) is 9.61. The summed E-state index contributed by atoms with van der Waals surface area (Å²) in [4.78, 5) is 33.5. The van der Waals surface area contributed by atoms with E-state index in [1.54, 1.807) is 17.3 Å². The average molecular weight is 461 g/mol. The highest BCUT2D eigenvalue weighted by Crippen LogP contribution is 2.48. The van der Waals surface area contributed by atoms with E-state index in [0.717, 1.165) is 49.0 Å². The third-order valence-electron chi connectivity index (χ3n) is 7.22. The molecular formula is C28H32N2O4. The van der Waals surface area contributed by atoms with Gasteiger partial charge in [-0.15, -0.1) is 0 Å². The van der Waals surface area contributed by atoms with Gasteiger partial charge in [-0.1, -0.05) is 38.5 Å². The third kappa shape index (κ3) is 4.22. The Bertz CT molecular complexity index is 1100. The van der Waals surface area contributed by atoms with Crippen molar-refractivity contribution in [1.82, 2.24) is 9.88 Å². The third-order valence-corrected chi connectivity index (χ3v) is 7.22. The molecule has 6 nitrogen and oxygen atoms in total. The Morgan fingerprint density at radius 3 is 2.85 bits per heavy atom. The molecule has 0 bridgehead atoms. The molecule has 1 saturated carbocycles. The lowest BCUT2D eigenvalue weighted by Crippen LogP contribution is -2.41. The van der Waals surface area contributed by atoms with Gasteiger partial charge < -0.3 is 14.4 Å². The lowest BCUT2D eigenvalue weighted by atomic mass is 9.74. The van der Waals surface area contributed by atoms with Gasteiger partial charge in [0.2, 0.25) is 0 Å². The van der Waals surface area contributed by atoms with Crippen molar-refractivity contribution in [2.24, 2.45) is 11.8 Å².